The summed E-state index contributed by atoms with van der Waals surface area (Å²) in [6.07, 6.45) is 3.27. The number of aromatic nitrogens is 1. The summed E-state index contributed by atoms with van der Waals surface area (Å²) in [6, 6.07) is 5.75. The van der Waals surface area contributed by atoms with E-state index in [0.29, 0.717) is 18.3 Å². The Labute approximate surface area is 168 Å². The minimum atomic E-state index is -3.96. The van der Waals surface area contributed by atoms with Crippen molar-refractivity contribution in [1.82, 2.24) is 9.88 Å². The van der Waals surface area contributed by atoms with Crippen LogP contribution in [0.2, 0.25) is 0 Å². The van der Waals surface area contributed by atoms with E-state index in [1.807, 2.05) is 0 Å². The fraction of sp³-hybridized carbons (Fsp3) is 0.421. The highest BCUT2D eigenvalue weighted by Crippen LogP contribution is 2.20. The van der Waals surface area contributed by atoms with Crippen LogP contribution in [0.4, 0.5) is 20.3 Å². The van der Waals surface area contributed by atoms with E-state index in [9.17, 15) is 17.2 Å². The maximum atomic E-state index is 13.3. The number of pyridine rings is 1. The summed E-state index contributed by atoms with van der Waals surface area (Å²) < 4.78 is 53.2. The zero-order valence-electron chi connectivity index (χ0n) is 15.8. The Morgan fingerprint density at radius 3 is 2.52 bits per heavy atom. The van der Waals surface area contributed by atoms with Crippen LogP contribution in [0.25, 0.3) is 0 Å². The molecule has 3 N–H and O–H groups in total. The maximum Gasteiger partial charge on any atom is 0.263 e. The molecule has 3 rings (SSSR count). The molecule has 0 bridgehead atoms. The molecule has 10 heteroatoms. The molecule has 1 saturated heterocycles. The molecule has 0 amide bonds. The molecule has 0 radical (unpaired) electrons. The summed E-state index contributed by atoms with van der Waals surface area (Å²) in [6.45, 7) is 3.52. The van der Waals surface area contributed by atoms with Crippen molar-refractivity contribution in [3.05, 3.63) is 48.2 Å². The number of halogens is 2. The normalized spacial score (nSPS) is 16.0. The van der Waals surface area contributed by atoms with E-state index in [0.717, 1.165) is 50.7 Å². The van der Waals surface area contributed by atoms with Crippen LogP contribution in [0, 0.1) is 17.6 Å². The van der Waals surface area contributed by atoms with E-state index in [2.05, 4.69) is 19.9 Å². The third-order valence-electron chi connectivity index (χ3n) is 4.91. The van der Waals surface area contributed by atoms with Gasteiger partial charge >= 0.3 is 0 Å². The summed E-state index contributed by atoms with van der Waals surface area (Å²) in [4.78, 5) is 6.29. The lowest BCUT2D eigenvalue weighted by molar-refractivity contribution is 0.151. The number of β-amino-alcohol motifs (C(OH)–C–C–N with tert-alkyl or cyclic N) is 1. The van der Waals surface area contributed by atoms with Crippen molar-refractivity contribution in [3.8, 4) is 0 Å². The van der Waals surface area contributed by atoms with Crippen molar-refractivity contribution in [2.75, 3.05) is 42.8 Å². The van der Waals surface area contributed by atoms with E-state index in [1.165, 1.54) is 12.3 Å². The minimum Gasteiger partial charge on any atom is -0.395 e. The summed E-state index contributed by atoms with van der Waals surface area (Å²) in [7, 11) is -3.96. The van der Waals surface area contributed by atoms with Crippen LogP contribution in [-0.2, 0) is 10.0 Å². The first kappa shape index (κ1) is 21.4. The van der Waals surface area contributed by atoms with E-state index in [4.69, 9.17) is 5.11 Å². The van der Waals surface area contributed by atoms with E-state index >= 15 is 0 Å². The van der Waals surface area contributed by atoms with Gasteiger partial charge in [0.15, 0.2) is 11.6 Å². The van der Waals surface area contributed by atoms with Crippen molar-refractivity contribution in [1.29, 1.82) is 0 Å². The molecular weight excluding hydrogens is 402 g/mol. The molecule has 1 fully saturated rings. The molecule has 0 unspecified atom stereocenters. The Balaban J connectivity index is 1.54. The number of piperidine rings is 1. The summed E-state index contributed by atoms with van der Waals surface area (Å²) in [5, 5.41) is 12.2. The second-order valence-corrected chi connectivity index (χ2v) is 8.69. The number of rotatable bonds is 8. The first-order chi connectivity index (χ1) is 13.9. The van der Waals surface area contributed by atoms with Crippen LogP contribution >= 0.6 is 0 Å². The SMILES string of the molecule is O=S(=O)(Nc1ccc(F)c(F)c1)c1ccc(NCC2CCN(CCO)CC2)nc1. The van der Waals surface area contributed by atoms with Gasteiger partial charge in [-0.1, -0.05) is 0 Å². The quantitative estimate of drug-likeness (QED) is 0.600. The Kier molecular flexibility index (Phi) is 6.99. The molecule has 1 aromatic carbocycles. The Morgan fingerprint density at radius 2 is 1.90 bits per heavy atom. The van der Waals surface area contributed by atoms with Gasteiger partial charge in [0.25, 0.3) is 10.0 Å². The lowest BCUT2D eigenvalue weighted by Crippen LogP contribution is -2.37. The molecule has 0 spiro atoms. The van der Waals surface area contributed by atoms with Gasteiger partial charge < -0.3 is 15.3 Å². The molecule has 1 aliphatic rings. The molecule has 2 aromatic rings. The molecule has 29 heavy (non-hydrogen) atoms. The van der Waals surface area contributed by atoms with Gasteiger partial charge in [-0.15, -0.1) is 0 Å². The van der Waals surface area contributed by atoms with Crippen molar-refractivity contribution in [2.45, 2.75) is 17.7 Å². The largest absolute Gasteiger partial charge is 0.395 e. The molecule has 2 heterocycles. The van der Waals surface area contributed by atoms with Crippen LogP contribution in [0.5, 0.6) is 0 Å². The average molecular weight is 426 g/mol. The standard InChI is InChI=1S/C19H24F2N4O3S/c20-17-3-1-15(11-18(17)21)24-29(27,28)16-2-4-19(23-13-16)22-12-14-5-7-25(8-6-14)9-10-26/h1-4,11,13-14,24,26H,5-10,12H2,(H,22,23). The van der Waals surface area contributed by atoms with Gasteiger partial charge in [0, 0.05) is 25.4 Å². The number of anilines is 2. The van der Waals surface area contributed by atoms with Crippen LogP contribution in [0.15, 0.2) is 41.4 Å². The molecule has 7 nitrogen and oxygen atoms in total. The first-order valence-corrected chi connectivity index (χ1v) is 10.9. The van der Waals surface area contributed by atoms with E-state index in [-0.39, 0.29) is 17.2 Å². The highest BCUT2D eigenvalue weighted by Gasteiger charge is 2.19. The third kappa shape index (κ3) is 5.84. The number of nitrogens with one attached hydrogen (secondary N) is 2. The monoisotopic (exact) mass is 426 g/mol. The second-order valence-electron chi connectivity index (χ2n) is 7.00. The highest BCUT2D eigenvalue weighted by molar-refractivity contribution is 7.92. The number of aliphatic hydroxyl groups is 1. The number of hydrogen-bond acceptors (Lipinski definition) is 6. The fourth-order valence-electron chi connectivity index (χ4n) is 3.22. The molecule has 0 aliphatic carbocycles. The van der Waals surface area contributed by atoms with Crippen molar-refractivity contribution in [2.24, 2.45) is 5.92 Å². The zero-order valence-corrected chi connectivity index (χ0v) is 16.6. The molecule has 0 saturated carbocycles. The average Bonchev–Trinajstić information content (AvgIpc) is 2.71. The second kappa shape index (κ2) is 9.47. The van der Waals surface area contributed by atoms with E-state index < -0.39 is 21.7 Å². The fourth-order valence-corrected chi connectivity index (χ4v) is 4.22. The predicted octanol–water partition coefficient (Wildman–Crippen LogP) is 2.28. The van der Waals surface area contributed by atoms with Gasteiger partial charge in [-0.05, 0) is 56.1 Å². The number of sulfonamides is 1. The molecule has 1 aliphatic heterocycles. The number of aliphatic hydroxyl groups excluding tert-OH is 1. The number of nitrogens with zero attached hydrogens (tertiary/aromatic N) is 2. The minimum absolute atomic E-state index is 0.0707. The van der Waals surface area contributed by atoms with Crippen LogP contribution < -0.4 is 10.0 Å². The summed E-state index contributed by atoms with van der Waals surface area (Å²) >= 11 is 0. The molecule has 158 valence electrons. The van der Waals surface area contributed by atoms with Crippen LogP contribution in [0.1, 0.15) is 12.8 Å². The zero-order chi connectivity index (χ0) is 20.9. The molecule has 1 aromatic heterocycles. The van der Waals surface area contributed by atoms with Gasteiger partial charge in [0.2, 0.25) is 0 Å². The van der Waals surface area contributed by atoms with Gasteiger partial charge in [-0.3, -0.25) is 4.72 Å². The first-order valence-electron chi connectivity index (χ1n) is 9.38. The van der Waals surface area contributed by atoms with Gasteiger partial charge in [0.05, 0.1) is 12.3 Å². The van der Waals surface area contributed by atoms with Crippen LogP contribution in [-0.4, -0.2) is 56.2 Å². The topological polar surface area (TPSA) is 94.6 Å². The van der Waals surface area contributed by atoms with Gasteiger partial charge in [-0.25, -0.2) is 22.2 Å². The summed E-state index contributed by atoms with van der Waals surface area (Å²) in [5.41, 5.74) is -0.0707. The number of hydrogen-bond donors (Lipinski definition) is 3. The van der Waals surface area contributed by atoms with Crippen LogP contribution in [0.3, 0.4) is 0 Å². The smallest absolute Gasteiger partial charge is 0.263 e. The van der Waals surface area contributed by atoms with Crippen molar-refractivity contribution >= 4 is 21.5 Å². The maximum absolute atomic E-state index is 13.3. The van der Waals surface area contributed by atoms with Crippen molar-refractivity contribution in [3.63, 3.8) is 0 Å². The van der Waals surface area contributed by atoms with Crippen molar-refractivity contribution < 1.29 is 22.3 Å². The Hall–Kier alpha value is -2.30. The predicted molar refractivity (Wildman–Crippen MR) is 106 cm³/mol. The van der Waals surface area contributed by atoms with Gasteiger partial charge in [0.1, 0.15) is 10.7 Å². The Morgan fingerprint density at radius 1 is 1.14 bits per heavy atom. The number of benzene rings is 1. The number of likely N-dealkylation sites (tertiary alicyclic amines) is 1. The van der Waals surface area contributed by atoms with Gasteiger partial charge in [-0.2, -0.15) is 0 Å². The van der Waals surface area contributed by atoms with E-state index in [1.54, 1.807) is 6.07 Å². The lowest BCUT2D eigenvalue weighted by Gasteiger charge is -2.31. The third-order valence-corrected chi connectivity index (χ3v) is 6.28. The summed E-state index contributed by atoms with van der Waals surface area (Å²) in [5.74, 6) is -1.13. The Bertz CT molecular complexity index is 918. The molecule has 0 atom stereocenters. The lowest BCUT2D eigenvalue weighted by atomic mass is 9.97. The molecular formula is C19H24F2N4O3S. The highest BCUT2D eigenvalue weighted by atomic mass is 32.2.